The van der Waals surface area contributed by atoms with Gasteiger partial charge in [-0.15, -0.1) is 24.0 Å². The SMILES string of the molecule is CN=C(NCCOCc1ccccc1)NCc1cc(N(C)C)nc2ccccc12.I. The molecular formula is C23H30IN5O. The van der Waals surface area contributed by atoms with Crippen molar-refractivity contribution in [3.63, 3.8) is 0 Å². The molecule has 0 fully saturated rings. The van der Waals surface area contributed by atoms with Crippen molar-refractivity contribution in [2.45, 2.75) is 13.2 Å². The second-order valence-corrected chi connectivity index (χ2v) is 6.94. The number of nitrogens with one attached hydrogen (secondary N) is 2. The van der Waals surface area contributed by atoms with E-state index in [1.54, 1.807) is 7.05 Å². The van der Waals surface area contributed by atoms with Gasteiger partial charge >= 0.3 is 0 Å². The molecule has 6 nitrogen and oxygen atoms in total. The van der Waals surface area contributed by atoms with Crippen molar-refractivity contribution in [3.8, 4) is 0 Å². The molecule has 0 atom stereocenters. The monoisotopic (exact) mass is 519 g/mol. The molecule has 0 aliphatic carbocycles. The molecule has 1 aromatic heterocycles. The van der Waals surface area contributed by atoms with Crippen molar-refractivity contribution in [2.24, 2.45) is 4.99 Å². The minimum Gasteiger partial charge on any atom is -0.375 e. The van der Waals surface area contributed by atoms with Gasteiger partial charge in [-0.2, -0.15) is 0 Å². The van der Waals surface area contributed by atoms with E-state index in [0.29, 0.717) is 26.3 Å². The van der Waals surface area contributed by atoms with E-state index in [1.165, 1.54) is 11.1 Å². The van der Waals surface area contributed by atoms with Crippen molar-refractivity contribution in [2.75, 3.05) is 39.2 Å². The molecule has 0 aliphatic rings. The van der Waals surface area contributed by atoms with Crippen molar-refractivity contribution in [1.82, 2.24) is 15.6 Å². The van der Waals surface area contributed by atoms with Gasteiger partial charge in [0.25, 0.3) is 0 Å². The van der Waals surface area contributed by atoms with Crippen LogP contribution in [0.1, 0.15) is 11.1 Å². The van der Waals surface area contributed by atoms with Crippen LogP contribution < -0.4 is 15.5 Å². The number of aromatic nitrogens is 1. The van der Waals surface area contributed by atoms with Gasteiger partial charge in [-0.3, -0.25) is 4.99 Å². The number of benzene rings is 2. The van der Waals surface area contributed by atoms with Gasteiger partial charge in [0, 0.05) is 39.6 Å². The lowest BCUT2D eigenvalue weighted by Gasteiger charge is -2.17. The zero-order valence-corrected chi connectivity index (χ0v) is 20.1. The molecule has 0 bridgehead atoms. The molecule has 2 N–H and O–H groups in total. The molecule has 0 amide bonds. The number of rotatable bonds is 8. The van der Waals surface area contributed by atoms with Crippen LogP contribution in [0.4, 0.5) is 5.82 Å². The fourth-order valence-corrected chi connectivity index (χ4v) is 3.01. The summed E-state index contributed by atoms with van der Waals surface area (Å²) in [5, 5.41) is 7.83. The Kier molecular flexibility index (Phi) is 9.82. The highest BCUT2D eigenvalue weighted by atomic mass is 127. The maximum atomic E-state index is 5.72. The topological polar surface area (TPSA) is 61.8 Å². The molecule has 3 rings (SSSR count). The molecule has 0 unspecified atom stereocenters. The average molecular weight is 519 g/mol. The summed E-state index contributed by atoms with van der Waals surface area (Å²) in [5.41, 5.74) is 3.35. The van der Waals surface area contributed by atoms with Crippen LogP contribution in [0.2, 0.25) is 0 Å². The zero-order chi connectivity index (χ0) is 20.5. The van der Waals surface area contributed by atoms with E-state index in [2.05, 4.69) is 39.9 Å². The average Bonchev–Trinajstić information content (AvgIpc) is 2.76. The van der Waals surface area contributed by atoms with Gasteiger partial charge in [-0.25, -0.2) is 4.98 Å². The number of anilines is 1. The first kappa shape index (κ1) is 23.9. The Balaban J connectivity index is 0.00000320. The van der Waals surface area contributed by atoms with Gasteiger partial charge in [0.2, 0.25) is 0 Å². The Morgan fingerprint density at radius 2 is 1.77 bits per heavy atom. The Labute approximate surface area is 195 Å². The van der Waals surface area contributed by atoms with E-state index in [9.17, 15) is 0 Å². The summed E-state index contributed by atoms with van der Waals surface area (Å²) in [7, 11) is 5.78. The highest BCUT2D eigenvalue weighted by molar-refractivity contribution is 14.0. The molecule has 0 spiro atoms. The van der Waals surface area contributed by atoms with Crippen LogP contribution in [0.15, 0.2) is 65.7 Å². The van der Waals surface area contributed by atoms with Gasteiger partial charge in [-0.1, -0.05) is 48.5 Å². The van der Waals surface area contributed by atoms with Crippen molar-refractivity contribution in [1.29, 1.82) is 0 Å². The van der Waals surface area contributed by atoms with Crippen LogP contribution in [0.5, 0.6) is 0 Å². The Morgan fingerprint density at radius 3 is 2.50 bits per heavy atom. The number of hydrogen-bond donors (Lipinski definition) is 2. The molecule has 7 heteroatoms. The van der Waals surface area contributed by atoms with E-state index in [0.717, 1.165) is 22.7 Å². The number of guanidine groups is 1. The lowest BCUT2D eigenvalue weighted by molar-refractivity contribution is 0.125. The van der Waals surface area contributed by atoms with Gasteiger partial charge in [-0.05, 0) is 23.3 Å². The van der Waals surface area contributed by atoms with Gasteiger partial charge in [0.15, 0.2) is 5.96 Å². The van der Waals surface area contributed by atoms with Crippen LogP contribution in [0.3, 0.4) is 0 Å². The van der Waals surface area contributed by atoms with Crippen LogP contribution in [0, 0.1) is 0 Å². The summed E-state index contributed by atoms with van der Waals surface area (Å²) < 4.78 is 5.72. The van der Waals surface area contributed by atoms with Crippen LogP contribution in [-0.4, -0.2) is 45.2 Å². The molecule has 0 saturated carbocycles. The maximum absolute atomic E-state index is 5.72. The number of fused-ring (bicyclic) bond motifs is 1. The summed E-state index contributed by atoms with van der Waals surface area (Å²) in [5.74, 6) is 1.69. The second-order valence-electron chi connectivity index (χ2n) is 6.94. The smallest absolute Gasteiger partial charge is 0.191 e. The van der Waals surface area contributed by atoms with Gasteiger partial charge in [0.1, 0.15) is 5.82 Å². The predicted molar refractivity (Wildman–Crippen MR) is 136 cm³/mol. The summed E-state index contributed by atoms with van der Waals surface area (Å²) in [6.45, 7) is 2.57. The lowest BCUT2D eigenvalue weighted by Crippen LogP contribution is -2.38. The summed E-state index contributed by atoms with van der Waals surface area (Å²) >= 11 is 0. The van der Waals surface area contributed by atoms with Crippen molar-refractivity contribution >= 4 is 46.7 Å². The third kappa shape index (κ3) is 6.84. The number of aliphatic imine (C=N–C) groups is 1. The number of hydrogen-bond acceptors (Lipinski definition) is 4. The number of nitrogens with zero attached hydrogens (tertiary/aromatic N) is 3. The first-order valence-electron chi connectivity index (χ1n) is 9.79. The molecule has 3 aromatic rings. The molecule has 0 aliphatic heterocycles. The quantitative estimate of drug-likeness (QED) is 0.205. The normalized spacial score (nSPS) is 11.1. The largest absolute Gasteiger partial charge is 0.375 e. The third-order valence-electron chi connectivity index (χ3n) is 4.57. The van der Waals surface area contributed by atoms with E-state index >= 15 is 0 Å². The standard InChI is InChI=1S/C23H29N5O.HI/c1-24-23(25-13-14-29-17-18-9-5-4-6-10-18)26-16-19-15-22(28(2)3)27-21-12-8-7-11-20(19)21;/h4-12,15H,13-14,16-17H2,1-3H3,(H2,24,25,26);1H. The number of pyridine rings is 1. The van der Waals surface area contributed by atoms with Crippen molar-refractivity contribution < 1.29 is 4.74 Å². The zero-order valence-electron chi connectivity index (χ0n) is 17.8. The molecule has 0 saturated heterocycles. The third-order valence-corrected chi connectivity index (χ3v) is 4.57. The highest BCUT2D eigenvalue weighted by Gasteiger charge is 2.08. The molecule has 2 aromatic carbocycles. The lowest BCUT2D eigenvalue weighted by atomic mass is 10.1. The number of halogens is 1. The Hall–Kier alpha value is -2.39. The fraction of sp³-hybridized carbons (Fsp3) is 0.304. The number of ether oxygens (including phenoxy) is 1. The number of para-hydroxylation sites is 1. The Morgan fingerprint density at radius 1 is 1.03 bits per heavy atom. The predicted octanol–water partition coefficient (Wildman–Crippen LogP) is 3.80. The first-order valence-corrected chi connectivity index (χ1v) is 9.79. The van der Waals surface area contributed by atoms with Crippen LogP contribution in [0.25, 0.3) is 10.9 Å². The maximum Gasteiger partial charge on any atom is 0.191 e. The van der Waals surface area contributed by atoms with Crippen molar-refractivity contribution in [3.05, 3.63) is 71.8 Å². The van der Waals surface area contributed by atoms with E-state index in [4.69, 9.17) is 9.72 Å². The fourth-order valence-electron chi connectivity index (χ4n) is 3.01. The molecule has 160 valence electrons. The van der Waals surface area contributed by atoms with E-state index in [-0.39, 0.29) is 24.0 Å². The summed E-state index contributed by atoms with van der Waals surface area (Å²) in [4.78, 5) is 11.0. The highest BCUT2D eigenvalue weighted by Crippen LogP contribution is 2.21. The van der Waals surface area contributed by atoms with Gasteiger partial charge < -0.3 is 20.3 Å². The second kappa shape index (κ2) is 12.3. The summed E-state index contributed by atoms with van der Waals surface area (Å²) in [6, 6.07) is 20.5. The molecule has 1 heterocycles. The minimum atomic E-state index is 0. The first-order chi connectivity index (χ1) is 14.2. The molecular weight excluding hydrogens is 489 g/mol. The Bertz CT molecular complexity index is 947. The molecule has 0 radical (unpaired) electrons. The minimum absolute atomic E-state index is 0. The van der Waals surface area contributed by atoms with Gasteiger partial charge in [0.05, 0.1) is 18.7 Å². The van der Waals surface area contributed by atoms with Crippen LogP contribution >= 0.6 is 24.0 Å². The van der Waals surface area contributed by atoms with E-state index in [1.807, 2.05) is 55.4 Å². The summed E-state index contributed by atoms with van der Waals surface area (Å²) in [6.07, 6.45) is 0. The van der Waals surface area contributed by atoms with E-state index < -0.39 is 0 Å². The van der Waals surface area contributed by atoms with Crippen LogP contribution in [-0.2, 0) is 17.9 Å². The molecule has 30 heavy (non-hydrogen) atoms.